The summed E-state index contributed by atoms with van der Waals surface area (Å²) < 4.78 is 27.5. The van der Waals surface area contributed by atoms with E-state index in [4.69, 9.17) is 9.88 Å². The third-order valence-electron chi connectivity index (χ3n) is 3.27. The van der Waals surface area contributed by atoms with Crippen LogP contribution in [-0.4, -0.2) is 28.1 Å². The molecular weight excluding hydrogens is 330 g/mol. The number of sulfonamides is 1. The fourth-order valence-electron chi connectivity index (χ4n) is 2.05. The van der Waals surface area contributed by atoms with E-state index in [0.29, 0.717) is 18.7 Å². The number of hydrogen-bond acceptors (Lipinski definition) is 4. The van der Waals surface area contributed by atoms with E-state index in [2.05, 4.69) is 10.6 Å². The standard InChI is InChI=1S/C16H19N3O4S/c1-23-14-4-2-3-12(11-14)9-10-18-16(20)19-13-5-7-15(8-6-13)24(17,21)22/h2-8,11H,9-10H2,1H3,(H2,17,21,22)(H2,18,19,20). The van der Waals surface area contributed by atoms with Gasteiger partial charge in [-0.15, -0.1) is 0 Å². The molecule has 128 valence electrons. The summed E-state index contributed by atoms with van der Waals surface area (Å²) >= 11 is 0. The summed E-state index contributed by atoms with van der Waals surface area (Å²) in [6.07, 6.45) is 0.662. The van der Waals surface area contributed by atoms with Crippen LogP contribution in [0.25, 0.3) is 0 Å². The summed E-state index contributed by atoms with van der Waals surface area (Å²) in [5, 5.41) is 10.4. The minimum Gasteiger partial charge on any atom is -0.497 e. The molecule has 0 saturated heterocycles. The lowest BCUT2D eigenvalue weighted by Crippen LogP contribution is -2.30. The molecule has 0 aliphatic heterocycles. The van der Waals surface area contributed by atoms with Crippen LogP contribution >= 0.6 is 0 Å². The van der Waals surface area contributed by atoms with Crippen LogP contribution < -0.4 is 20.5 Å². The number of nitrogens with two attached hydrogens (primary N) is 1. The van der Waals surface area contributed by atoms with Crippen LogP contribution in [0.1, 0.15) is 5.56 Å². The van der Waals surface area contributed by atoms with Crippen molar-refractivity contribution in [2.45, 2.75) is 11.3 Å². The maximum absolute atomic E-state index is 11.8. The first-order chi connectivity index (χ1) is 11.4. The third-order valence-corrected chi connectivity index (χ3v) is 4.20. The molecule has 8 heteroatoms. The fourth-order valence-corrected chi connectivity index (χ4v) is 2.57. The number of nitrogens with one attached hydrogen (secondary N) is 2. The quantitative estimate of drug-likeness (QED) is 0.737. The number of primary sulfonamides is 1. The zero-order valence-electron chi connectivity index (χ0n) is 13.2. The van der Waals surface area contributed by atoms with E-state index in [0.717, 1.165) is 11.3 Å². The van der Waals surface area contributed by atoms with E-state index < -0.39 is 10.0 Å². The van der Waals surface area contributed by atoms with Crippen molar-refractivity contribution in [3.63, 3.8) is 0 Å². The minimum atomic E-state index is -3.74. The van der Waals surface area contributed by atoms with Crippen LogP contribution in [-0.2, 0) is 16.4 Å². The highest BCUT2D eigenvalue weighted by Crippen LogP contribution is 2.13. The van der Waals surface area contributed by atoms with Gasteiger partial charge in [-0.3, -0.25) is 0 Å². The third kappa shape index (κ3) is 5.25. The molecule has 0 atom stereocenters. The lowest BCUT2D eigenvalue weighted by Gasteiger charge is -2.09. The van der Waals surface area contributed by atoms with Crippen molar-refractivity contribution in [2.75, 3.05) is 19.0 Å². The number of anilines is 1. The van der Waals surface area contributed by atoms with Crippen molar-refractivity contribution >= 4 is 21.7 Å². The largest absolute Gasteiger partial charge is 0.497 e. The Morgan fingerprint density at radius 2 is 1.88 bits per heavy atom. The molecule has 0 spiro atoms. The average molecular weight is 349 g/mol. The number of rotatable bonds is 6. The predicted octanol–water partition coefficient (Wildman–Crippen LogP) is 1.71. The molecule has 0 aliphatic carbocycles. The van der Waals surface area contributed by atoms with Crippen LogP contribution in [0.4, 0.5) is 10.5 Å². The second-order valence-corrected chi connectivity index (χ2v) is 6.61. The lowest BCUT2D eigenvalue weighted by atomic mass is 10.1. The van der Waals surface area contributed by atoms with Crippen molar-refractivity contribution in [3.8, 4) is 5.75 Å². The van der Waals surface area contributed by atoms with Crippen molar-refractivity contribution in [1.82, 2.24) is 5.32 Å². The first-order valence-electron chi connectivity index (χ1n) is 7.19. The van der Waals surface area contributed by atoms with E-state index in [1.165, 1.54) is 24.3 Å². The van der Waals surface area contributed by atoms with Crippen LogP contribution in [0.2, 0.25) is 0 Å². The van der Waals surface area contributed by atoms with Gasteiger partial charge in [-0.25, -0.2) is 18.4 Å². The number of ether oxygens (including phenoxy) is 1. The van der Waals surface area contributed by atoms with Gasteiger partial charge in [0.25, 0.3) is 0 Å². The van der Waals surface area contributed by atoms with E-state index in [9.17, 15) is 13.2 Å². The molecule has 0 heterocycles. The monoisotopic (exact) mass is 349 g/mol. The molecule has 0 saturated carbocycles. The lowest BCUT2D eigenvalue weighted by molar-refractivity contribution is 0.252. The SMILES string of the molecule is COc1cccc(CCNC(=O)Nc2ccc(S(N)(=O)=O)cc2)c1. The first-order valence-corrected chi connectivity index (χ1v) is 8.74. The van der Waals surface area contributed by atoms with Crippen LogP contribution in [0.3, 0.4) is 0 Å². The van der Waals surface area contributed by atoms with Gasteiger partial charge in [-0.05, 0) is 48.4 Å². The van der Waals surface area contributed by atoms with E-state index in [1.54, 1.807) is 7.11 Å². The van der Waals surface area contributed by atoms with Crippen LogP contribution in [0, 0.1) is 0 Å². The number of hydrogen-bond donors (Lipinski definition) is 3. The van der Waals surface area contributed by atoms with Gasteiger partial charge in [0.15, 0.2) is 0 Å². The topological polar surface area (TPSA) is 111 Å². The first kappa shape index (κ1) is 17.8. The van der Waals surface area contributed by atoms with Gasteiger partial charge in [-0.1, -0.05) is 12.1 Å². The van der Waals surface area contributed by atoms with Crippen LogP contribution in [0.5, 0.6) is 5.75 Å². The molecule has 7 nitrogen and oxygen atoms in total. The molecule has 0 radical (unpaired) electrons. The Hall–Kier alpha value is -2.58. The molecule has 2 rings (SSSR count). The Balaban J connectivity index is 1.83. The Bertz CT molecular complexity index is 804. The Morgan fingerprint density at radius 1 is 1.17 bits per heavy atom. The number of urea groups is 1. The fraction of sp³-hybridized carbons (Fsp3) is 0.188. The summed E-state index contributed by atoms with van der Waals surface area (Å²) in [5.41, 5.74) is 1.52. The van der Waals surface area contributed by atoms with Crippen LogP contribution in [0.15, 0.2) is 53.4 Å². The van der Waals surface area contributed by atoms with Crippen molar-refractivity contribution in [2.24, 2.45) is 5.14 Å². The molecule has 4 N–H and O–H groups in total. The number of benzene rings is 2. The summed E-state index contributed by atoms with van der Waals surface area (Å²) in [6.45, 7) is 0.453. The van der Waals surface area contributed by atoms with Gasteiger partial charge in [0.05, 0.1) is 12.0 Å². The van der Waals surface area contributed by atoms with Crippen molar-refractivity contribution in [1.29, 1.82) is 0 Å². The van der Waals surface area contributed by atoms with E-state index in [-0.39, 0.29) is 10.9 Å². The summed E-state index contributed by atoms with van der Waals surface area (Å²) in [4.78, 5) is 11.8. The number of carbonyl (C=O) groups is 1. The van der Waals surface area contributed by atoms with Crippen molar-refractivity contribution in [3.05, 3.63) is 54.1 Å². The molecule has 0 bridgehead atoms. The Kier molecular flexibility index (Phi) is 5.78. The maximum atomic E-state index is 11.8. The van der Waals surface area contributed by atoms with E-state index >= 15 is 0 Å². The van der Waals surface area contributed by atoms with Gasteiger partial charge in [0, 0.05) is 12.2 Å². The van der Waals surface area contributed by atoms with Gasteiger partial charge in [-0.2, -0.15) is 0 Å². The average Bonchev–Trinajstić information content (AvgIpc) is 2.54. The smallest absolute Gasteiger partial charge is 0.319 e. The minimum absolute atomic E-state index is 0.00789. The Morgan fingerprint density at radius 3 is 2.50 bits per heavy atom. The van der Waals surface area contributed by atoms with Gasteiger partial charge in [0.1, 0.15) is 5.75 Å². The van der Waals surface area contributed by atoms with Gasteiger partial charge < -0.3 is 15.4 Å². The molecule has 2 aromatic carbocycles. The molecule has 2 aromatic rings. The number of amides is 2. The zero-order chi connectivity index (χ0) is 17.6. The normalized spacial score (nSPS) is 10.9. The summed E-state index contributed by atoms with van der Waals surface area (Å²) in [7, 11) is -2.13. The molecule has 0 fully saturated rings. The molecule has 0 unspecified atom stereocenters. The van der Waals surface area contributed by atoms with Gasteiger partial charge in [0.2, 0.25) is 10.0 Å². The summed E-state index contributed by atoms with van der Waals surface area (Å²) in [6, 6.07) is 12.8. The maximum Gasteiger partial charge on any atom is 0.319 e. The molecular formula is C16H19N3O4S. The van der Waals surface area contributed by atoms with Crippen molar-refractivity contribution < 1.29 is 17.9 Å². The molecule has 2 amide bonds. The Labute approximate surface area is 140 Å². The van der Waals surface area contributed by atoms with E-state index in [1.807, 2.05) is 24.3 Å². The number of methoxy groups -OCH3 is 1. The second kappa shape index (κ2) is 7.80. The zero-order valence-corrected chi connectivity index (χ0v) is 14.0. The van der Waals surface area contributed by atoms with Gasteiger partial charge >= 0.3 is 6.03 Å². The molecule has 24 heavy (non-hydrogen) atoms. The predicted molar refractivity (Wildman–Crippen MR) is 91.5 cm³/mol. The number of carbonyl (C=O) groups excluding carboxylic acids is 1. The highest BCUT2D eigenvalue weighted by atomic mass is 32.2. The highest BCUT2D eigenvalue weighted by Gasteiger charge is 2.07. The highest BCUT2D eigenvalue weighted by molar-refractivity contribution is 7.89. The molecule has 0 aliphatic rings. The summed E-state index contributed by atoms with van der Waals surface area (Å²) in [5.74, 6) is 0.770. The molecule has 0 aromatic heterocycles. The second-order valence-electron chi connectivity index (χ2n) is 5.05.